The molecule has 4 rings (SSSR count). The van der Waals surface area contributed by atoms with E-state index in [1.807, 2.05) is 6.07 Å². The number of nitrogens with zero attached hydrogens (tertiary/aromatic N) is 1. The van der Waals surface area contributed by atoms with E-state index in [9.17, 15) is 0 Å². The Balaban J connectivity index is 1.87. The number of benzene rings is 1. The quantitative estimate of drug-likeness (QED) is 0.810. The largest absolute Gasteiger partial charge is 0.465 e. The number of fused-ring (bicyclic) bond motifs is 3. The van der Waals surface area contributed by atoms with E-state index in [-0.39, 0.29) is 24.0 Å². The zero-order valence-electron chi connectivity index (χ0n) is 15.3. The molecule has 2 aliphatic carbocycles. The Kier molecular flexibility index (Phi) is 3.16. The first-order chi connectivity index (χ1) is 11.8. The van der Waals surface area contributed by atoms with Crippen molar-refractivity contribution < 1.29 is 12.2 Å². The summed E-state index contributed by atoms with van der Waals surface area (Å²) in [5.74, 6) is 0. The zero-order chi connectivity index (χ0) is 17.9. The Bertz CT molecular complexity index is 732. The molecular formula is C18H23BrN2O2. The van der Waals surface area contributed by atoms with Crippen LogP contribution in [0.4, 0.5) is 0 Å². The molecule has 1 aliphatic heterocycles. The number of halogens is 1. The molecule has 1 heterocycles. The molecule has 4 nitrogen and oxygen atoms in total. The summed E-state index contributed by atoms with van der Waals surface area (Å²) < 4.78 is 28.3. The summed E-state index contributed by atoms with van der Waals surface area (Å²) in [5, 5.41) is 0. The molecule has 124 valence electrons. The van der Waals surface area contributed by atoms with Gasteiger partial charge < -0.3 is 15.2 Å². The van der Waals surface area contributed by atoms with Gasteiger partial charge in [0.25, 0.3) is 6.02 Å². The van der Waals surface area contributed by atoms with E-state index in [2.05, 4.69) is 28.1 Å². The maximum atomic E-state index is 8.27. The van der Waals surface area contributed by atoms with Gasteiger partial charge in [-0.05, 0) is 55.4 Å². The lowest BCUT2D eigenvalue weighted by atomic mass is 9.60. The topological polar surface area (TPSA) is 56.8 Å². The van der Waals surface area contributed by atoms with Crippen molar-refractivity contribution in [3.8, 4) is 0 Å². The highest BCUT2D eigenvalue weighted by molar-refractivity contribution is 9.10. The minimum Gasteiger partial charge on any atom is -0.465 e. The Morgan fingerprint density at radius 1 is 1.39 bits per heavy atom. The van der Waals surface area contributed by atoms with Crippen LogP contribution < -0.4 is 5.73 Å². The molecule has 0 saturated heterocycles. The summed E-state index contributed by atoms with van der Waals surface area (Å²) >= 11 is 3.57. The number of hydrogen-bond acceptors (Lipinski definition) is 4. The van der Waals surface area contributed by atoms with Crippen molar-refractivity contribution in [2.75, 3.05) is 13.7 Å². The van der Waals surface area contributed by atoms with E-state index < -0.39 is 12.1 Å². The van der Waals surface area contributed by atoms with Gasteiger partial charge in [-0.2, -0.15) is 0 Å². The number of nitrogens with two attached hydrogens (primary N) is 1. The maximum absolute atomic E-state index is 8.27. The fourth-order valence-corrected chi connectivity index (χ4v) is 5.14. The standard InChI is InChI=1S/C18H23BrN2O2/c1-22-14-4-6-17(7-5-14)11-12-2-3-13(19)10-15(12)18(17)8-9-23-16(20)21-18/h2-3,10,14H,4-9,11H2,1H3,(H2,20,21)/t14-,17-,18?/i9D2. The van der Waals surface area contributed by atoms with Crippen LogP contribution in [0.1, 0.15) is 46.0 Å². The van der Waals surface area contributed by atoms with E-state index in [0.717, 1.165) is 42.1 Å². The number of rotatable bonds is 1. The van der Waals surface area contributed by atoms with Crippen molar-refractivity contribution in [3.63, 3.8) is 0 Å². The Morgan fingerprint density at radius 2 is 2.17 bits per heavy atom. The van der Waals surface area contributed by atoms with Crippen molar-refractivity contribution in [2.45, 2.75) is 50.2 Å². The Morgan fingerprint density at radius 3 is 2.87 bits per heavy atom. The smallest absolute Gasteiger partial charge is 0.282 e. The van der Waals surface area contributed by atoms with Crippen molar-refractivity contribution in [3.05, 3.63) is 33.8 Å². The lowest BCUT2D eigenvalue weighted by Gasteiger charge is -2.49. The summed E-state index contributed by atoms with van der Waals surface area (Å²) in [6, 6.07) is 6.23. The SMILES string of the molecule is [2H]C1([2H])CC2(N=C(N)O1)c1cc(Br)ccc1C[C@]21CC[C@@H](OC)CC1. The molecule has 1 saturated carbocycles. The van der Waals surface area contributed by atoms with Crippen molar-refractivity contribution in [2.24, 2.45) is 16.1 Å². The van der Waals surface area contributed by atoms with Crippen LogP contribution in [0.5, 0.6) is 0 Å². The fraction of sp³-hybridized carbons (Fsp3) is 0.611. The van der Waals surface area contributed by atoms with Crippen molar-refractivity contribution in [1.29, 1.82) is 0 Å². The second-order valence-electron chi connectivity index (χ2n) is 6.93. The number of aliphatic imine (C=N–C) groups is 1. The third kappa shape index (κ3) is 2.23. The number of ether oxygens (including phenoxy) is 2. The van der Waals surface area contributed by atoms with Gasteiger partial charge in [-0.3, -0.25) is 0 Å². The van der Waals surface area contributed by atoms with Crippen LogP contribution in [0.3, 0.4) is 0 Å². The van der Waals surface area contributed by atoms with E-state index in [4.69, 9.17) is 22.9 Å². The van der Waals surface area contributed by atoms with Crippen molar-refractivity contribution >= 4 is 22.0 Å². The molecular weight excluding hydrogens is 356 g/mol. The summed E-state index contributed by atoms with van der Waals surface area (Å²) in [4.78, 5) is 4.79. The first-order valence-electron chi connectivity index (χ1n) is 9.15. The lowest BCUT2D eigenvalue weighted by Crippen LogP contribution is -2.49. The van der Waals surface area contributed by atoms with Crippen LogP contribution in [0, 0.1) is 5.41 Å². The van der Waals surface area contributed by atoms with Crippen LogP contribution >= 0.6 is 15.9 Å². The summed E-state index contributed by atoms with van der Waals surface area (Å²) in [5.41, 5.74) is 7.49. The van der Waals surface area contributed by atoms with Crippen molar-refractivity contribution in [1.82, 2.24) is 0 Å². The van der Waals surface area contributed by atoms with E-state index in [0.29, 0.717) is 0 Å². The average Bonchev–Trinajstić information content (AvgIpc) is 2.76. The van der Waals surface area contributed by atoms with Crippen LogP contribution in [0.2, 0.25) is 0 Å². The third-order valence-corrected chi connectivity index (χ3v) is 6.45. The molecule has 1 fully saturated rings. The highest BCUT2D eigenvalue weighted by Gasteiger charge is 2.59. The maximum Gasteiger partial charge on any atom is 0.282 e. The molecule has 1 aromatic rings. The van der Waals surface area contributed by atoms with Gasteiger partial charge in [0, 0.05) is 23.4 Å². The first-order valence-corrected chi connectivity index (χ1v) is 8.95. The molecule has 23 heavy (non-hydrogen) atoms. The molecule has 2 spiro atoms. The Labute approximate surface area is 148 Å². The second kappa shape index (κ2) is 5.49. The Hall–Kier alpha value is -1.07. The van der Waals surface area contributed by atoms with Crippen LogP contribution in [0.15, 0.2) is 27.7 Å². The highest BCUT2D eigenvalue weighted by Crippen LogP contribution is 2.62. The molecule has 0 aromatic heterocycles. The lowest BCUT2D eigenvalue weighted by molar-refractivity contribution is -0.0148. The molecule has 1 unspecified atom stereocenters. The summed E-state index contributed by atoms with van der Waals surface area (Å²) in [6.45, 7) is -1.82. The van der Waals surface area contributed by atoms with Gasteiger partial charge in [0.1, 0.15) is 5.54 Å². The molecule has 0 radical (unpaired) electrons. The fourth-order valence-electron chi connectivity index (χ4n) is 4.78. The summed E-state index contributed by atoms with van der Waals surface area (Å²) in [6.07, 6.45) is 5.20. The molecule has 0 bridgehead atoms. The first kappa shape index (κ1) is 13.2. The van der Waals surface area contributed by atoms with Gasteiger partial charge >= 0.3 is 0 Å². The van der Waals surface area contributed by atoms with Crippen LogP contribution in [-0.4, -0.2) is 25.8 Å². The molecule has 3 aliphatic rings. The highest BCUT2D eigenvalue weighted by atomic mass is 79.9. The normalized spacial score (nSPS) is 39.4. The van der Waals surface area contributed by atoms with Crippen LogP contribution in [-0.2, 0) is 21.4 Å². The second-order valence-corrected chi connectivity index (χ2v) is 7.84. The van der Waals surface area contributed by atoms with E-state index >= 15 is 0 Å². The van der Waals surface area contributed by atoms with E-state index in [1.54, 1.807) is 7.11 Å². The van der Waals surface area contributed by atoms with E-state index in [1.165, 1.54) is 5.56 Å². The minimum absolute atomic E-state index is 0.0442. The third-order valence-electron chi connectivity index (χ3n) is 5.95. The summed E-state index contributed by atoms with van der Waals surface area (Å²) in [7, 11) is 1.77. The van der Waals surface area contributed by atoms with Gasteiger partial charge in [-0.25, -0.2) is 4.99 Å². The van der Waals surface area contributed by atoms with Gasteiger partial charge in [0.05, 0.1) is 15.4 Å². The van der Waals surface area contributed by atoms with Gasteiger partial charge in [-0.1, -0.05) is 22.0 Å². The van der Waals surface area contributed by atoms with Gasteiger partial charge in [-0.15, -0.1) is 0 Å². The molecule has 0 amide bonds. The predicted octanol–water partition coefficient (Wildman–Crippen LogP) is 3.51. The zero-order valence-corrected chi connectivity index (χ0v) is 14.9. The number of amidine groups is 1. The molecule has 1 atom stereocenters. The van der Waals surface area contributed by atoms with Crippen LogP contribution in [0.25, 0.3) is 0 Å². The molecule has 1 aromatic carbocycles. The molecule has 5 heteroatoms. The monoisotopic (exact) mass is 380 g/mol. The van der Waals surface area contributed by atoms with Gasteiger partial charge in [0.2, 0.25) is 0 Å². The number of hydrogen-bond donors (Lipinski definition) is 1. The van der Waals surface area contributed by atoms with Gasteiger partial charge in [0.15, 0.2) is 0 Å². The number of methoxy groups -OCH3 is 1. The average molecular weight is 381 g/mol. The predicted molar refractivity (Wildman–Crippen MR) is 93.4 cm³/mol. The minimum atomic E-state index is -1.82. The molecule has 2 N–H and O–H groups in total.